The Balaban J connectivity index is 0.00000225. The highest BCUT2D eigenvalue weighted by molar-refractivity contribution is 5.88. The number of carbonyl (C=O) groups is 1. The number of para-hydroxylation sites is 2. The van der Waals surface area contributed by atoms with Gasteiger partial charge in [-0.15, -0.1) is 12.4 Å². The van der Waals surface area contributed by atoms with Crippen LogP contribution in [0.15, 0.2) is 29.1 Å². The molecule has 2 heterocycles. The number of fused-ring (bicyclic) bond motifs is 1. The van der Waals surface area contributed by atoms with E-state index < -0.39 is 6.03 Å². The normalized spacial score (nSPS) is 16.0. The first kappa shape index (κ1) is 19.5. The Kier molecular flexibility index (Phi) is 6.67. The zero-order valence-corrected chi connectivity index (χ0v) is 15.5. The Morgan fingerprint density at radius 2 is 1.84 bits per heavy atom. The van der Waals surface area contributed by atoms with Gasteiger partial charge in [0.1, 0.15) is 0 Å². The number of likely N-dealkylation sites (tertiary alicyclic amines) is 1. The van der Waals surface area contributed by atoms with E-state index in [-0.39, 0.29) is 18.1 Å². The van der Waals surface area contributed by atoms with Crippen LogP contribution in [-0.2, 0) is 6.54 Å². The summed E-state index contributed by atoms with van der Waals surface area (Å²) in [6.07, 6.45) is 4.65. The van der Waals surface area contributed by atoms with Gasteiger partial charge in [-0.05, 0) is 56.9 Å². The number of nitrogens with zero attached hydrogens (tertiary/aromatic N) is 3. The molecule has 138 valence electrons. The van der Waals surface area contributed by atoms with Crippen LogP contribution in [0.25, 0.3) is 11.0 Å². The van der Waals surface area contributed by atoms with Crippen LogP contribution in [0.1, 0.15) is 32.6 Å². The van der Waals surface area contributed by atoms with Crippen molar-refractivity contribution < 1.29 is 4.79 Å². The van der Waals surface area contributed by atoms with Crippen molar-refractivity contribution in [2.45, 2.75) is 39.2 Å². The van der Waals surface area contributed by atoms with E-state index in [0.717, 1.165) is 36.0 Å². The molecule has 0 spiro atoms. The molecule has 1 amide bonds. The van der Waals surface area contributed by atoms with Gasteiger partial charge in [0.25, 0.3) is 0 Å². The summed E-state index contributed by atoms with van der Waals surface area (Å²) in [6.45, 7) is 6.22. The number of rotatable bonds is 5. The summed E-state index contributed by atoms with van der Waals surface area (Å²) in [7, 11) is 0. The quantitative estimate of drug-likeness (QED) is 0.884. The molecule has 3 rings (SSSR count). The minimum atomic E-state index is -0.718. The van der Waals surface area contributed by atoms with Gasteiger partial charge in [0.2, 0.25) is 0 Å². The first-order valence-corrected chi connectivity index (χ1v) is 8.84. The lowest BCUT2D eigenvalue weighted by atomic mass is 9.96. The molecule has 2 N–H and O–H groups in total. The van der Waals surface area contributed by atoms with Gasteiger partial charge >= 0.3 is 11.7 Å². The summed E-state index contributed by atoms with van der Waals surface area (Å²) >= 11 is 0. The van der Waals surface area contributed by atoms with Crippen LogP contribution in [0, 0.1) is 5.92 Å². The van der Waals surface area contributed by atoms with E-state index in [0.29, 0.717) is 18.0 Å². The molecular formula is C18H27ClN4O2. The number of unbranched alkanes of at least 4 members (excludes halogenated alkanes) is 1. The van der Waals surface area contributed by atoms with Crippen molar-refractivity contribution >= 4 is 29.5 Å². The zero-order valence-electron chi connectivity index (χ0n) is 14.7. The lowest BCUT2D eigenvalue weighted by Gasteiger charge is -2.32. The molecule has 25 heavy (non-hydrogen) atoms. The third kappa shape index (κ3) is 4.07. The molecule has 7 heteroatoms. The number of halogens is 1. The van der Waals surface area contributed by atoms with Gasteiger partial charge in [-0.3, -0.25) is 4.57 Å². The summed E-state index contributed by atoms with van der Waals surface area (Å²) in [4.78, 5) is 26.8. The van der Waals surface area contributed by atoms with Gasteiger partial charge in [0.15, 0.2) is 0 Å². The molecule has 1 fully saturated rings. The van der Waals surface area contributed by atoms with E-state index in [9.17, 15) is 9.59 Å². The minimum Gasteiger partial charge on any atom is -0.351 e. The monoisotopic (exact) mass is 366 g/mol. The summed E-state index contributed by atoms with van der Waals surface area (Å²) in [5, 5.41) is 0. The fraction of sp³-hybridized carbons (Fsp3) is 0.556. The van der Waals surface area contributed by atoms with Crippen molar-refractivity contribution in [3.8, 4) is 0 Å². The average Bonchev–Trinajstić information content (AvgIpc) is 2.86. The van der Waals surface area contributed by atoms with E-state index in [4.69, 9.17) is 5.73 Å². The molecule has 1 aromatic carbocycles. The first-order chi connectivity index (χ1) is 11.6. The Morgan fingerprint density at radius 3 is 2.44 bits per heavy atom. The van der Waals surface area contributed by atoms with Crippen molar-refractivity contribution in [3.63, 3.8) is 0 Å². The molecule has 0 atom stereocenters. The Bertz CT molecular complexity index is 775. The fourth-order valence-electron chi connectivity index (χ4n) is 3.63. The molecule has 1 aliphatic heterocycles. The first-order valence-electron chi connectivity index (χ1n) is 8.84. The number of primary amides is 1. The number of hydrogen-bond acceptors (Lipinski definition) is 3. The maximum absolute atomic E-state index is 12.6. The second kappa shape index (κ2) is 8.54. The van der Waals surface area contributed by atoms with Crippen molar-refractivity contribution in [3.05, 3.63) is 34.7 Å². The van der Waals surface area contributed by atoms with E-state index in [1.54, 1.807) is 10.6 Å². The van der Waals surface area contributed by atoms with Crippen LogP contribution in [0.5, 0.6) is 0 Å². The number of amides is 1. The number of aromatic nitrogens is 2. The predicted octanol–water partition coefficient (Wildman–Crippen LogP) is 2.66. The molecule has 1 aliphatic rings. The molecule has 1 saturated heterocycles. The number of imidazole rings is 1. The standard InChI is InChI=1S/C18H26N4O2.ClH/c1-2-3-10-20-11-8-14(9-12-20)13-21-15-6-4-5-7-16(15)22(17(19)23)18(21)24;/h4-7,14H,2-3,8-13H2,1H3,(H2,19,23);1H. The SMILES string of the molecule is CCCCN1CCC(Cn2c(=O)n(C(N)=O)c3ccccc32)CC1.Cl. The van der Waals surface area contributed by atoms with Crippen molar-refractivity contribution in [1.29, 1.82) is 0 Å². The molecule has 2 aromatic rings. The number of carbonyl (C=O) groups excluding carboxylic acids is 1. The van der Waals surface area contributed by atoms with Crippen LogP contribution in [0.3, 0.4) is 0 Å². The second-order valence-corrected chi connectivity index (χ2v) is 6.69. The van der Waals surface area contributed by atoms with Crippen LogP contribution in [-0.4, -0.2) is 39.7 Å². The lowest BCUT2D eigenvalue weighted by Crippen LogP contribution is -2.38. The molecule has 6 nitrogen and oxygen atoms in total. The van der Waals surface area contributed by atoms with E-state index in [1.165, 1.54) is 19.4 Å². The molecule has 0 saturated carbocycles. The highest BCUT2D eigenvalue weighted by Crippen LogP contribution is 2.21. The lowest BCUT2D eigenvalue weighted by molar-refractivity contribution is 0.172. The Morgan fingerprint density at radius 1 is 1.20 bits per heavy atom. The van der Waals surface area contributed by atoms with Gasteiger partial charge in [-0.1, -0.05) is 25.5 Å². The Hall–Kier alpha value is -1.79. The largest absolute Gasteiger partial charge is 0.351 e. The van der Waals surface area contributed by atoms with E-state index in [2.05, 4.69) is 11.8 Å². The summed E-state index contributed by atoms with van der Waals surface area (Å²) in [6, 6.07) is 6.64. The highest BCUT2D eigenvalue weighted by atomic mass is 35.5. The Labute approximate surface area is 154 Å². The zero-order chi connectivity index (χ0) is 17.1. The fourth-order valence-corrected chi connectivity index (χ4v) is 3.63. The van der Waals surface area contributed by atoms with Gasteiger partial charge in [-0.25, -0.2) is 14.2 Å². The molecule has 0 unspecified atom stereocenters. The van der Waals surface area contributed by atoms with Crippen molar-refractivity contribution in [1.82, 2.24) is 14.0 Å². The van der Waals surface area contributed by atoms with E-state index >= 15 is 0 Å². The molecule has 1 aromatic heterocycles. The molecular weight excluding hydrogens is 340 g/mol. The van der Waals surface area contributed by atoms with Gasteiger partial charge < -0.3 is 10.6 Å². The maximum atomic E-state index is 12.6. The number of nitrogens with two attached hydrogens (primary N) is 1. The number of benzene rings is 1. The van der Waals surface area contributed by atoms with E-state index in [1.807, 2.05) is 18.2 Å². The smallest absolute Gasteiger partial charge is 0.337 e. The van der Waals surface area contributed by atoms with Gasteiger partial charge in [-0.2, -0.15) is 0 Å². The predicted molar refractivity (Wildman–Crippen MR) is 102 cm³/mol. The third-order valence-electron chi connectivity index (χ3n) is 5.03. The number of hydrogen-bond donors (Lipinski definition) is 1. The average molecular weight is 367 g/mol. The number of piperidine rings is 1. The van der Waals surface area contributed by atoms with Crippen molar-refractivity contribution in [2.24, 2.45) is 11.7 Å². The third-order valence-corrected chi connectivity index (χ3v) is 5.03. The topological polar surface area (TPSA) is 73.3 Å². The van der Waals surface area contributed by atoms with Crippen LogP contribution >= 0.6 is 12.4 Å². The van der Waals surface area contributed by atoms with Crippen LogP contribution < -0.4 is 11.4 Å². The maximum Gasteiger partial charge on any atom is 0.337 e. The summed E-state index contributed by atoms with van der Waals surface area (Å²) < 4.78 is 2.79. The van der Waals surface area contributed by atoms with Gasteiger partial charge in [0.05, 0.1) is 11.0 Å². The molecule has 0 radical (unpaired) electrons. The highest BCUT2D eigenvalue weighted by Gasteiger charge is 2.22. The molecule has 0 aliphatic carbocycles. The second-order valence-electron chi connectivity index (χ2n) is 6.69. The van der Waals surface area contributed by atoms with Crippen LogP contribution in [0.2, 0.25) is 0 Å². The molecule has 0 bridgehead atoms. The van der Waals surface area contributed by atoms with Gasteiger partial charge in [0, 0.05) is 6.54 Å². The van der Waals surface area contributed by atoms with Crippen LogP contribution in [0.4, 0.5) is 4.79 Å². The summed E-state index contributed by atoms with van der Waals surface area (Å²) in [5.74, 6) is 0.465. The summed E-state index contributed by atoms with van der Waals surface area (Å²) in [5.41, 5.74) is 6.45. The minimum absolute atomic E-state index is 0. The van der Waals surface area contributed by atoms with Crippen molar-refractivity contribution in [2.75, 3.05) is 19.6 Å².